The Bertz CT molecular complexity index is 1090. The zero-order valence-corrected chi connectivity index (χ0v) is 17.7. The third-order valence-corrected chi connectivity index (χ3v) is 5.89. The minimum absolute atomic E-state index is 0. The Kier molecular flexibility index (Phi) is 5.62. The number of nitrogens with zero attached hydrogens (tertiary/aromatic N) is 3. The zero-order valence-electron chi connectivity index (χ0n) is 16.9. The molecule has 2 fully saturated rings. The van der Waals surface area contributed by atoms with Crippen molar-refractivity contribution in [3.63, 3.8) is 0 Å². The summed E-state index contributed by atoms with van der Waals surface area (Å²) in [7, 11) is 0. The first kappa shape index (κ1) is 20.6. The van der Waals surface area contributed by atoms with Crippen LogP contribution in [0.25, 0.3) is 22.0 Å². The number of rotatable bonds is 3. The number of amides is 1. The first-order valence-electron chi connectivity index (χ1n) is 10.2. The van der Waals surface area contributed by atoms with Crippen LogP contribution in [-0.2, 0) is 11.2 Å². The molecule has 5 rings (SSSR count). The molecular weight excluding hydrogens is 400 g/mol. The summed E-state index contributed by atoms with van der Waals surface area (Å²) in [6.45, 7) is 3.36. The molecule has 2 bridgehead atoms. The Balaban J connectivity index is 0.00000218. The summed E-state index contributed by atoms with van der Waals surface area (Å²) in [5, 5.41) is 1.000. The Labute approximate surface area is 181 Å². The van der Waals surface area contributed by atoms with Crippen molar-refractivity contribution in [2.24, 2.45) is 0 Å². The quantitative estimate of drug-likeness (QED) is 0.690. The number of pyridine rings is 2. The summed E-state index contributed by atoms with van der Waals surface area (Å²) in [5.41, 5.74) is 10.1. The van der Waals surface area contributed by atoms with Gasteiger partial charge in [-0.2, -0.15) is 0 Å². The third kappa shape index (κ3) is 3.61. The van der Waals surface area contributed by atoms with Crippen molar-refractivity contribution in [1.82, 2.24) is 14.9 Å². The largest absolute Gasteiger partial charge is 0.384 e. The van der Waals surface area contributed by atoms with Crippen LogP contribution in [0.1, 0.15) is 35.9 Å². The molecule has 0 saturated carbocycles. The van der Waals surface area contributed by atoms with Crippen LogP contribution >= 0.6 is 12.4 Å². The summed E-state index contributed by atoms with van der Waals surface area (Å²) < 4.78 is 5.86. The van der Waals surface area contributed by atoms with Gasteiger partial charge in [-0.25, -0.2) is 9.97 Å². The lowest BCUT2D eigenvalue weighted by Gasteiger charge is -2.31. The lowest BCUT2D eigenvalue weighted by atomic mass is 9.99. The Morgan fingerprint density at radius 2 is 1.83 bits per heavy atom. The summed E-state index contributed by atoms with van der Waals surface area (Å²) in [5.74, 6) is 0.490. The smallest absolute Gasteiger partial charge is 0.272 e. The fourth-order valence-electron chi connectivity index (χ4n) is 4.46. The van der Waals surface area contributed by atoms with Crippen molar-refractivity contribution in [1.29, 1.82) is 0 Å². The monoisotopic (exact) mass is 424 g/mol. The van der Waals surface area contributed by atoms with Gasteiger partial charge in [-0.1, -0.05) is 31.2 Å². The van der Waals surface area contributed by atoms with Crippen LogP contribution in [0.15, 0.2) is 42.5 Å². The maximum atomic E-state index is 13.2. The van der Waals surface area contributed by atoms with E-state index in [9.17, 15) is 4.79 Å². The molecule has 0 aliphatic carbocycles. The molecule has 2 unspecified atom stereocenters. The van der Waals surface area contributed by atoms with Crippen molar-refractivity contribution in [3.8, 4) is 11.1 Å². The van der Waals surface area contributed by atoms with Crippen molar-refractivity contribution in [3.05, 3.63) is 53.9 Å². The summed E-state index contributed by atoms with van der Waals surface area (Å²) in [4.78, 5) is 24.3. The zero-order chi connectivity index (χ0) is 20.0. The van der Waals surface area contributed by atoms with Crippen LogP contribution in [0.2, 0.25) is 0 Å². The van der Waals surface area contributed by atoms with Gasteiger partial charge in [0.25, 0.3) is 5.91 Å². The SMILES string of the molecule is CCc1nc(N)ccc1-c1cccc2ccc(C(=O)N3CC4CCC(C3)O4)nc12.Cl. The van der Waals surface area contributed by atoms with Crippen LogP contribution in [0.3, 0.4) is 0 Å². The van der Waals surface area contributed by atoms with E-state index >= 15 is 0 Å². The molecule has 7 heteroatoms. The van der Waals surface area contributed by atoms with E-state index < -0.39 is 0 Å². The predicted molar refractivity (Wildman–Crippen MR) is 120 cm³/mol. The molecule has 0 spiro atoms. The number of fused-ring (bicyclic) bond motifs is 3. The number of aryl methyl sites for hydroxylation is 1. The average Bonchev–Trinajstić information content (AvgIpc) is 3.09. The van der Waals surface area contributed by atoms with Gasteiger partial charge in [0.1, 0.15) is 11.5 Å². The number of para-hydroxylation sites is 1. The molecule has 2 atom stereocenters. The van der Waals surface area contributed by atoms with E-state index in [-0.39, 0.29) is 30.5 Å². The molecule has 2 saturated heterocycles. The van der Waals surface area contributed by atoms with Crippen molar-refractivity contribution < 1.29 is 9.53 Å². The number of anilines is 1. The van der Waals surface area contributed by atoms with E-state index in [1.165, 1.54) is 0 Å². The molecule has 2 aliphatic heterocycles. The molecular formula is C23H25ClN4O2. The van der Waals surface area contributed by atoms with Crippen molar-refractivity contribution >= 4 is 35.0 Å². The number of benzene rings is 1. The van der Waals surface area contributed by atoms with E-state index in [0.717, 1.165) is 47.0 Å². The fraction of sp³-hybridized carbons (Fsp3) is 0.348. The fourth-order valence-corrected chi connectivity index (χ4v) is 4.46. The molecule has 1 amide bonds. The van der Waals surface area contributed by atoms with Crippen molar-refractivity contribution in [2.45, 2.75) is 38.4 Å². The lowest BCUT2D eigenvalue weighted by molar-refractivity contribution is -0.0305. The van der Waals surface area contributed by atoms with E-state index in [0.29, 0.717) is 24.6 Å². The van der Waals surface area contributed by atoms with Gasteiger partial charge < -0.3 is 15.4 Å². The van der Waals surface area contributed by atoms with Crippen LogP contribution in [0.5, 0.6) is 0 Å². The maximum absolute atomic E-state index is 13.2. The number of nitrogens with two attached hydrogens (primary N) is 1. The molecule has 2 aromatic heterocycles. The van der Waals surface area contributed by atoms with Crippen LogP contribution < -0.4 is 5.73 Å². The van der Waals surface area contributed by atoms with Crippen molar-refractivity contribution in [2.75, 3.05) is 18.8 Å². The number of likely N-dealkylation sites (tertiary alicyclic amines) is 1. The van der Waals surface area contributed by atoms with E-state index in [1.54, 1.807) is 0 Å². The van der Waals surface area contributed by atoms with E-state index in [4.69, 9.17) is 15.5 Å². The molecule has 1 aromatic carbocycles. The molecule has 4 heterocycles. The van der Waals surface area contributed by atoms with Gasteiger partial charge >= 0.3 is 0 Å². The van der Waals surface area contributed by atoms with Crippen LogP contribution in [0.4, 0.5) is 5.82 Å². The van der Waals surface area contributed by atoms with Gasteiger partial charge in [0, 0.05) is 29.6 Å². The standard InChI is InChI=1S/C23H24N4O2.ClH/c1-2-19-17(9-11-21(24)25-19)18-5-3-4-14-6-10-20(26-22(14)18)23(28)27-12-15-7-8-16(13-27)29-15;/h3-6,9-11,15-16H,2,7-8,12-13H2,1H3,(H2,24,25);1H. The normalized spacial score (nSPS) is 20.2. The highest BCUT2D eigenvalue weighted by molar-refractivity contribution is 5.99. The maximum Gasteiger partial charge on any atom is 0.272 e. The molecule has 156 valence electrons. The highest BCUT2D eigenvalue weighted by Gasteiger charge is 2.36. The molecule has 30 heavy (non-hydrogen) atoms. The lowest BCUT2D eigenvalue weighted by Crippen LogP contribution is -2.46. The van der Waals surface area contributed by atoms with E-state index in [1.807, 2.05) is 47.4 Å². The first-order valence-corrected chi connectivity index (χ1v) is 10.2. The number of nitrogen functional groups attached to an aromatic ring is 1. The first-order chi connectivity index (χ1) is 14.1. The predicted octanol–water partition coefficient (Wildman–Crippen LogP) is 3.87. The van der Waals surface area contributed by atoms with Gasteiger partial charge in [-0.3, -0.25) is 4.79 Å². The minimum Gasteiger partial charge on any atom is -0.384 e. The molecule has 2 aliphatic rings. The summed E-state index contributed by atoms with van der Waals surface area (Å²) in [6, 6.07) is 13.7. The molecule has 3 aromatic rings. The van der Waals surface area contributed by atoms with Gasteiger partial charge in [0.2, 0.25) is 0 Å². The number of carbonyl (C=O) groups is 1. The van der Waals surface area contributed by atoms with Crippen LogP contribution in [0, 0.1) is 0 Å². The minimum atomic E-state index is -0.0203. The number of halogens is 1. The highest BCUT2D eigenvalue weighted by Crippen LogP contribution is 2.31. The second kappa shape index (κ2) is 8.20. The third-order valence-electron chi connectivity index (χ3n) is 5.89. The van der Waals surface area contributed by atoms with E-state index in [2.05, 4.69) is 11.9 Å². The summed E-state index contributed by atoms with van der Waals surface area (Å²) >= 11 is 0. The molecule has 0 radical (unpaired) electrons. The highest BCUT2D eigenvalue weighted by atomic mass is 35.5. The number of morpholine rings is 1. The second-order valence-corrected chi connectivity index (χ2v) is 7.83. The van der Waals surface area contributed by atoms with Gasteiger partial charge in [0.05, 0.1) is 23.4 Å². The summed E-state index contributed by atoms with van der Waals surface area (Å²) in [6.07, 6.45) is 3.18. The molecule has 6 nitrogen and oxygen atoms in total. The number of carbonyl (C=O) groups excluding carboxylic acids is 1. The molecule has 2 N–H and O–H groups in total. The number of aromatic nitrogens is 2. The Morgan fingerprint density at radius 3 is 2.57 bits per heavy atom. The second-order valence-electron chi connectivity index (χ2n) is 7.83. The van der Waals surface area contributed by atoms with Gasteiger partial charge in [-0.05, 0) is 37.5 Å². The topological polar surface area (TPSA) is 81.3 Å². The van der Waals surface area contributed by atoms with Gasteiger partial charge in [-0.15, -0.1) is 12.4 Å². The van der Waals surface area contributed by atoms with Crippen LogP contribution in [-0.4, -0.2) is 46.1 Å². The number of hydrogen-bond acceptors (Lipinski definition) is 5. The number of hydrogen-bond donors (Lipinski definition) is 1. The van der Waals surface area contributed by atoms with Gasteiger partial charge in [0.15, 0.2) is 0 Å². The Hall–Kier alpha value is -2.70. The Morgan fingerprint density at radius 1 is 1.07 bits per heavy atom. The number of ether oxygens (including phenoxy) is 1. The average molecular weight is 425 g/mol.